The molecule has 1 aliphatic carbocycles. The van der Waals surface area contributed by atoms with Crippen LogP contribution in [-0.2, 0) is 9.59 Å². The minimum atomic E-state index is -0.802. The van der Waals surface area contributed by atoms with Crippen molar-refractivity contribution in [2.75, 3.05) is 39.3 Å². The molecule has 134 valence electrons. The lowest BCUT2D eigenvalue weighted by Crippen LogP contribution is -2.51. The molecule has 0 radical (unpaired) electrons. The molecule has 0 atom stereocenters. The first-order valence-corrected chi connectivity index (χ1v) is 9.04. The van der Waals surface area contributed by atoms with Crippen molar-refractivity contribution in [1.29, 1.82) is 0 Å². The molecule has 7 nitrogen and oxygen atoms in total. The summed E-state index contributed by atoms with van der Waals surface area (Å²) < 4.78 is 0. The van der Waals surface area contributed by atoms with E-state index < -0.39 is 5.54 Å². The monoisotopic (exact) mass is 336 g/mol. The summed E-state index contributed by atoms with van der Waals surface area (Å²) in [5.41, 5.74) is -0.802. The Morgan fingerprint density at radius 3 is 2.25 bits per heavy atom. The lowest BCUT2D eigenvalue weighted by atomic mass is 10.1. The van der Waals surface area contributed by atoms with Crippen molar-refractivity contribution in [3.8, 4) is 0 Å². The van der Waals surface area contributed by atoms with Gasteiger partial charge in [-0.25, -0.2) is 4.79 Å². The molecule has 0 spiro atoms. The highest BCUT2D eigenvalue weighted by Crippen LogP contribution is 2.27. The highest BCUT2D eigenvalue weighted by Gasteiger charge is 2.44. The van der Waals surface area contributed by atoms with Gasteiger partial charge in [0.2, 0.25) is 5.91 Å². The van der Waals surface area contributed by atoms with E-state index in [-0.39, 0.29) is 17.9 Å². The van der Waals surface area contributed by atoms with Crippen LogP contribution in [0.25, 0.3) is 0 Å². The van der Waals surface area contributed by atoms with Gasteiger partial charge in [-0.3, -0.25) is 19.4 Å². The molecule has 24 heavy (non-hydrogen) atoms. The molecule has 7 heteroatoms. The number of nitrogens with one attached hydrogen (secondary N) is 1. The van der Waals surface area contributed by atoms with Crippen LogP contribution < -0.4 is 5.32 Å². The average molecular weight is 336 g/mol. The Kier molecular flexibility index (Phi) is 4.80. The van der Waals surface area contributed by atoms with Gasteiger partial charge in [-0.15, -0.1) is 0 Å². The number of nitrogens with zero attached hydrogens (tertiary/aromatic N) is 3. The zero-order valence-corrected chi connectivity index (χ0v) is 14.7. The molecule has 0 aromatic heterocycles. The first kappa shape index (κ1) is 17.2. The minimum absolute atomic E-state index is 0.164. The van der Waals surface area contributed by atoms with Gasteiger partial charge in [-0.05, 0) is 26.7 Å². The molecule has 2 aliphatic heterocycles. The molecule has 0 bridgehead atoms. The SMILES string of the molecule is CC1(C)NC(=O)N(CCN2CCN(C(=O)C3CCCC3)CC2)C1=O. The van der Waals surface area contributed by atoms with Gasteiger partial charge in [0.05, 0.1) is 0 Å². The molecule has 3 aliphatic rings. The van der Waals surface area contributed by atoms with Gasteiger partial charge in [0, 0.05) is 45.2 Å². The Labute approximate surface area is 143 Å². The fourth-order valence-corrected chi connectivity index (χ4v) is 3.89. The molecule has 3 fully saturated rings. The van der Waals surface area contributed by atoms with Crippen molar-refractivity contribution < 1.29 is 14.4 Å². The van der Waals surface area contributed by atoms with Gasteiger partial charge in [-0.1, -0.05) is 12.8 Å². The summed E-state index contributed by atoms with van der Waals surface area (Å²) in [6.07, 6.45) is 4.44. The van der Waals surface area contributed by atoms with Gasteiger partial charge < -0.3 is 10.2 Å². The maximum atomic E-state index is 12.4. The fraction of sp³-hybridized carbons (Fsp3) is 0.824. The Balaban J connectivity index is 1.43. The van der Waals surface area contributed by atoms with E-state index in [2.05, 4.69) is 10.2 Å². The molecular weight excluding hydrogens is 308 g/mol. The normalized spacial score (nSPS) is 25.4. The van der Waals surface area contributed by atoms with Crippen molar-refractivity contribution >= 4 is 17.8 Å². The fourth-order valence-electron chi connectivity index (χ4n) is 3.89. The minimum Gasteiger partial charge on any atom is -0.340 e. The van der Waals surface area contributed by atoms with E-state index in [1.54, 1.807) is 13.8 Å². The molecule has 1 N–H and O–H groups in total. The predicted octanol–water partition coefficient (Wildman–Crippen LogP) is 0.651. The highest BCUT2D eigenvalue weighted by molar-refractivity contribution is 6.06. The number of hydrogen-bond donors (Lipinski definition) is 1. The topological polar surface area (TPSA) is 73.0 Å². The molecule has 1 saturated carbocycles. The van der Waals surface area contributed by atoms with Crippen LogP contribution in [0.2, 0.25) is 0 Å². The van der Waals surface area contributed by atoms with E-state index in [4.69, 9.17) is 0 Å². The number of amides is 4. The number of hydrogen-bond acceptors (Lipinski definition) is 4. The molecule has 2 saturated heterocycles. The Bertz CT molecular complexity index is 520. The summed E-state index contributed by atoms with van der Waals surface area (Å²) in [4.78, 5) is 42.0. The maximum absolute atomic E-state index is 12.4. The predicted molar refractivity (Wildman–Crippen MR) is 89.3 cm³/mol. The van der Waals surface area contributed by atoms with Crippen molar-refractivity contribution in [1.82, 2.24) is 20.0 Å². The Morgan fingerprint density at radius 1 is 1.08 bits per heavy atom. The van der Waals surface area contributed by atoms with E-state index in [0.29, 0.717) is 19.0 Å². The third-order valence-corrected chi connectivity index (χ3v) is 5.47. The van der Waals surface area contributed by atoms with Crippen LogP contribution in [0.4, 0.5) is 4.79 Å². The molecule has 0 aromatic carbocycles. The lowest BCUT2D eigenvalue weighted by Gasteiger charge is -2.36. The quantitative estimate of drug-likeness (QED) is 0.765. The van der Waals surface area contributed by atoms with E-state index in [1.165, 1.54) is 17.7 Å². The summed E-state index contributed by atoms with van der Waals surface area (Å²) >= 11 is 0. The van der Waals surface area contributed by atoms with E-state index in [1.807, 2.05) is 4.90 Å². The van der Waals surface area contributed by atoms with E-state index in [9.17, 15) is 14.4 Å². The Hall–Kier alpha value is -1.63. The van der Waals surface area contributed by atoms with Gasteiger partial charge in [0.15, 0.2) is 0 Å². The van der Waals surface area contributed by atoms with E-state index in [0.717, 1.165) is 39.0 Å². The Morgan fingerprint density at radius 2 is 1.71 bits per heavy atom. The summed E-state index contributed by atoms with van der Waals surface area (Å²) in [5.74, 6) is 0.398. The highest BCUT2D eigenvalue weighted by atomic mass is 16.2. The molecule has 0 unspecified atom stereocenters. The number of piperazine rings is 1. The summed E-state index contributed by atoms with van der Waals surface area (Å²) in [5, 5.41) is 2.70. The van der Waals surface area contributed by atoms with Crippen LogP contribution >= 0.6 is 0 Å². The number of urea groups is 1. The number of carbonyl (C=O) groups excluding carboxylic acids is 3. The van der Waals surface area contributed by atoms with Gasteiger partial charge in [0.1, 0.15) is 5.54 Å². The van der Waals surface area contributed by atoms with Crippen LogP contribution in [0, 0.1) is 5.92 Å². The molecule has 3 rings (SSSR count). The van der Waals surface area contributed by atoms with Crippen LogP contribution in [0.5, 0.6) is 0 Å². The maximum Gasteiger partial charge on any atom is 0.325 e. The standard InChI is InChI=1S/C17H28N4O3/c1-17(2)15(23)21(16(24)18-17)12-9-19-7-10-20(11-8-19)14(22)13-5-3-4-6-13/h13H,3-12H2,1-2H3,(H,18,24). The second-order valence-corrected chi connectivity index (χ2v) is 7.66. The number of carbonyl (C=O) groups is 3. The summed E-state index contributed by atoms with van der Waals surface area (Å²) in [6.45, 7) is 7.64. The molecule has 0 aromatic rings. The van der Waals surface area contributed by atoms with Crippen LogP contribution in [0.1, 0.15) is 39.5 Å². The third-order valence-electron chi connectivity index (χ3n) is 5.47. The molecule has 2 heterocycles. The first-order valence-electron chi connectivity index (χ1n) is 9.04. The smallest absolute Gasteiger partial charge is 0.325 e. The van der Waals surface area contributed by atoms with Gasteiger partial charge in [0.25, 0.3) is 5.91 Å². The van der Waals surface area contributed by atoms with Gasteiger partial charge in [-0.2, -0.15) is 0 Å². The first-order chi connectivity index (χ1) is 11.4. The van der Waals surface area contributed by atoms with Crippen LogP contribution in [-0.4, -0.2) is 77.4 Å². The lowest BCUT2D eigenvalue weighted by molar-refractivity contribution is -0.137. The van der Waals surface area contributed by atoms with Crippen molar-refractivity contribution in [2.45, 2.75) is 45.1 Å². The second kappa shape index (κ2) is 6.70. The van der Waals surface area contributed by atoms with Crippen molar-refractivity contribution in [3.05, 3.63) is 0 Å². The molecular formula is C17H28N4O3. The van der Waals surface area contributed by atoms with Crippen LogP contribution in [0.15, 0.2) is 0 Å². The zero-order chi connectivity index (χ0) is 17.3. The third kappa shape index (κ3) is 3.41. The largest absolute Gasteiger partial charge is 0.340 e. The van der Waals surface area contributed by atoms with E-state index >= 15 is 0 Å². The number of rotatable bonds is 4. The van der Waals surface area contributed by atoms with Crippen molar-refractivity contribution in [3.63, 3.8) is 0 Å². The molecule has 4 amide bonds. The summed E-state index contributed by atoms with van der Waals surface area (Å²) in [7, 11) is 0. The van der Waals surface area contributed by atoms with Crippen LogP contribution in [0.3, 0.4) is 0 Å². The second-order valence-electron chi connectivity index (χ2n) is 7.66. The zero-order valence-electron chi connectivity index (χ0n) is 14.7. The van der Waals surface area contributed by atoms with Crippen molar-refractivity contribution in [2.24, 2.45) is 5.92 Å². The average Bonchev–Trinajstić information content (AvgIpc) is 3.14. The van der Waals surface area contributed by atoms with Gasteiger partial charge >= 0.3 is 6.03 Å². The summed E-state index contributed by atoms with van der Waals surface area (Å²) in [6, 6.07) is -0.306. The number of imide groups is 1.